The van der Waals surface area contributed by atoms with E-state index >= 15 is 0 Å². The molecule has 0 aliphatic carbocycles. The largest absolute Gasteiger partial charge is 0.381 e. The summed E-state index contributed by atoms with van der Waals surface area (Å²) in [6.07, 6.45) is 1.29. The van der Waals surface area contributed by atoms with Crippen LogP contribution in [0.15, 0.2) is 12.1 Å². The molecule has 0 bridgehead atoms. The van der Waals surface area contributed by atoms with Gasteiger partial charge in [0.05, 0.1) is 12.2 Å². The van der Waals surface area contributed by atoms with Crippen LogP contribution in [0.4, 0.5) is 13.2 Å². The lowest BCUT2D eigenvalue weighted by molar-refractivity contribution is 0.0458. The number of halogens is 3. The number of rotatable bonds is 2. The zero-order valence-electron chi connectivity index (χ0n) is 9.01. The van der Waals surface area contributed by atoms with Crippen molar-refractivity contribution in [3.63, 3.8) is 0 Å². The standard InChI is InChI=1S/C12H11F3O2/c13-9-4-3-8(10(14)11(9)15)12(16)7-2-1-5-17-6-7/h3-4,7H,1-2,5-6H2. The van der Waals surface area contributed by atoms with Crippen molar-refractivity contribution in [3.05, 3.63) is 35.1 Å². The van der Waals surface area contributed by atoms with Crippen molar-refractivity contribution in [2.45, 2.75) is 12.8 Å². The molecule has 0 amide bonds. The molecule has 2 nitrogen and oxygen atoms in total. The van der Waals surface area contributed by atoms with E-state index in [1.807, 2.05) is 0 Å². The van der Waals surface area contributed by atoms with Crippen molar-refractivity contribution < 1.29 is 22.7 Å². The lowest BCUT2D eigenvalue weighted by Crippen LogP contribution is -2.26. The Kier molecular flexibility index (Phi) is 3.47. The predicted octanol–water partition coefficient (Wildman–Crippen LogP) is 2.71. The van der Waals surface area contributed by atoms with Gasteiger partial charge in [-0.25, -0.2) is 13.2 Å². The minimum atomic E-state index is -1.60. The maximum atomic E-state index is 13.4. The van der Waals surface area contributed by atoms with Crippen LogP contribution in [-0.2, 0) is 4.74 Å². The predicted molar refractivity (Wildman–Crippen MR) is 54.2 cm³/mol. The van der Waals surface area contributed by atoms with Gasteiger partial charge in [-0.15, -0.1) is 0 Å². The Morgan fingerprint density at radius 2 is 2.00 bits per heavy atom. The molecule has 17 heavy (non-hydrogen) atoms. The average Bonchev–Trinajstić information content (AvgIpc) is 2.36. The van der Waals surface area contributed by atoms with Gasteiger partial charge in [-0.05, 0) is 25.0 Å². The monoisotopic (exact) mass is 244 g/mol. The van der Waals surface area contributed by atoms with Crippen LogP contribution in [-0.4, -0.2) is 19.0 Å². The van der Waals surface area contributed by atoms with E-state index in [4.69, 9.17) is 4.74 Å². The zero-order valence-corrected chi connectivity index (χ0v) is 9.01. The van der Waals surface area contributed by atoms with Gasteiger partial charge in [0.15, 0.2) is 23.2 Å². The number of carbonyl (C=O) groups is 1. The third-order valence-electron chi connectivity index (χ3n) is 2.83. The molecule has 1 aromatic rings. The van der Waals surface area contributed by atoms with Gasteiger partial charge in [0.1, 0.15) is 0 Å². The molecule has 0 N–H and O–H groups in total. The van der Waals surface area contributed by atoms with Crippen molar-refractivity contribution in [2.24, 2.45) is 5.92 Å². The van der Waals surface area contributed by atoms with Crippen LogP contribution in [0, 0.1) is 23.4 Å². The summed E-state index contributed by atoms with van der Waals surface area (Å²) in [7, 11) is 0. The first kappa shape index (κ1) is 12.1. The molecular weight excluding hydrogens is 233 g/mol. The van der Waals surface area contributed by atoms with E-state index in [1.54, 1.807) is 0 Å². The maximum Gasteiger partial charge on any atom is 0.195 e. The zero-order chi connectivity index (χ0) is 12.4. The van der Waals surface area contributed by atoms with Crippen LogP contribution in [0.1, 0.15) is 23.2 Å². The molecule has 0 aromatic heterocycles. The first-order chi connectivity index (χ1) is 8.11. The number of ketones is 1. The van der Waals surface area contributed by atoms with Crippen LogP contribution in [0.2, 0.25) is 0 Å². The van der Waals surface area contributed by atoms with Crippen molar-refractivity contribution in [1.82, 2.24) is 0 Å². The van der Waals surface area contributed by atoms with Gasteiger partial charge in [-0.3, -0.25) is 4.79 Å². The summed E-state index contributed by atoms with van der Waals surface area (Å²) < 4.78 is 44.2. The second kappa shape index (κ2) is 4.87. The molecule has 92 valence electrons. The Hall–Kier alpha value is -1.36. The Labute approximate surface area is 96.4 Å². The van der Waals surface area contributed by atoms with Gasteiger partial charge in [-0.2, -0.15) is 0 Å². The van der Waals surface area contributed by atoms with Gasteiger partial charge in [0.25, 0.3) is 0 Å². The molecule has 1 aromatic carbocycles. The van der Waals surface area contributed by atoms with Gasteiger partial charge < -0.3 is 4.74 Å². The minimum absolute atomic E-state index is 0.206. The highest BCUT2D eigenvalue weighted by Gasteiger charge is 2.27. The highest BCUT2D eigenvalue weighted by Crippen LogP contribution is 2.22. The molecular formula is C12H11F3O2. The first-order valence-corrected chi connectivity index (χ1v) is 5.36. The van der Waals surface area contributed by atoms with Crippen LogP contribution in [0.25, 0.3) is 0 Å². The molecule has 1 atom stereocenters. The molecule has 5 heteroatoms. The number of hydrogen-bond acceptors (Lipinski definition) is 2. The molecule has 1 unspecified atom stereocenters. The molecule has 0 saturated carbocycles. The van der Waals surface area contributed by atoms with Crippen molar-refractivity contribution in [3.8, 4) is 0 Å². The second-order valence-electron chi connectivity index (χ2n) is 4.00. The topological polar surface area (TPSA) is 26.3 Å². The van der Waals surface area contributed by atoms with Gasteiger partial charge in [0.2, 0.25) is 0 Å². The van der Waals surface area contributed by atoms with Crippen molar-refractivity contribution in [2.75, 3.05) is 13.2 Å². The highest BCUT2D eigenvalue weighted by atomic mass is 19.2. The molecule has 1 fully saturated rings. The molecule has 2 rings (SSSR count). The number of benzene rings is 1. The molecule has 1 heterocycles. The van der Waals surface area contributed by atoms with Crippen LogP contribution in [0.5, 0.6) is 0 Å². The maximum absolute atomic E-state index is 13.4. The van der Waals surface area contributed by atoms with Gasteiger partial charge in [-0.1, -0.05) is 0 Å². The number of Topliss-reactive ketones (excluding diaryl/α,β-unsaturated/α-hetero) is 1. The Balaban J connectivity index is 2.27. The van der Waals surface area contributed by atoms with E-state index in [2.05, 4.69) is 0 Å². The van der Waals surface area contributed by atoms with E-state index in [0.29, 0.717) is 19.4 Å². The van der Waals surface area contributed by atoms with E-state index in [9.17, 15) is 18.0 Å². The molecule has 0 spiro atoms. The van der Waals surface area contributed by atoms with E-state index in [0.717, 1.165) is 12.1 Å². The Morgan fingerprint density at radius 1 is 1.24 bits per heavy atom. The number of ether oxygens (including phenoxy) is 1. The van der Waals surface area contributed by atoms with Gasteiger partial charge in [0, 0.05) is 12.5 Å². The Morgan fingerprint density at radius 3 is 2.65 bits per heavy atom. The van der Waals surface area contributed by atoms with Gasteiger partial charge >= 0.3 is 0 Å². The van der Waals surface area contributed by atoms with E-state index in [1.165, 1.54) is 0 Å². The number of hydrogen-bond donors (Lipinski definition) is 0. The fourth-order valence-electron chi connectivity index (χ4n) is 1.88. The van der Waals surface area contributed by atoms with E-state index in [-0.39, 0.29) is 6.61 Å². The summed E-state index contributed by atoms with van der Waals surface area (Å²) in [5, 5.41) is 0. The Bertz CT molecular complexity index is 440. The summed E-state index contributed by atoms with van der Waals surface area (Å²) in [6, 6.07) is 1.74. The van der Waals surface area contributed by atoms with Crippen molar-refractivity contribution in [1.29, 1.82) is 0 Å². The lowest BCUT2D eigenvalue weighted by atomic mass is 9.92. The SMILES string of the molecule is O=C(c1ccc(F)c(F)c1F)C1CCCOC1. The normalized spacial score (nSPS) is 20.3. The summed E-state index contributed by atoms with van der Waals surface area (Å²) in [4.78, 5) is 11.9. The molecule has 1 aliphatic rings. The fourth-order valence-corrected chi connectivity index (χ4v) is 1.88. The second-order valence-corrected chi connectivity index (χ2v) is 4.00. The average molecular weight is 244 g/mol. The van der Waals surface area contributed by atoms with E-state index < -0.39 is 34.7 Å². The van der Waals surface area contributed by atoms with Crippen LogP contribution >= 0.6 is 0 Å². The van der Waals surface area contributed by atoms with Crippen LogP contribution < -0.4 is 0 Å². The summed E-state index contributed by atoms with van der Waals surface area (Å²) in [5.74, 6) is -5.31. The molecule has 1 aliphatic heterocycles. The minimum Gasteiger partial charge on any atom is -0.381 e. The molecule has 0 radical (unpaired) electrons. The fraction of sp³-hybridized carbons (Fsp3) is 0.417. The number of carbonyl (C=O) groups excluding carboxylic acids is 1. The summed E-state index contributed by atoms with van der Waals surface area (Å²) >= 11 is 0. The lowest BCUT2D eigenvalue weighted by Gasteiger charge is -2.21. The quantitative estimate of drug-likeness (QED) is 0.590. The smallest absolute Gasteiger partial charge is 0.195 e. The van der Waals surface area contributed by atoms with Crippen LogP contribution in [0.3, 0.4) is 0 Å². The summed E-state index contributed by atoms with van der Waals surface area (Å²) in [6.45, 7) is 0.779. The molecule has 1 saturated heterocycles. The highest BCUT2D eigenvalue weighted by molar-refractivity contribution is 5.98. The summed E-state index contributed by atoms with van der Waals surface area (Å²) in [5.41, 5.74) is -0.403. The third-order valence-corrected chi connectivity index (χ3v) is 2.83. The first-order valence-electron chi connectivity index (χ1n) is 5.36. The van der Waals surface area contributed by atoms with Crippen molar-refractivity contribution >= 4 is 5.78 Å². The third kappa shape index (κ3) is 2.34.